The maximum atomic E-state index is 9.41. The summed E-state index contributed by atoms with van der Waals surface area (Å²) in [5, 5.41) is 11.2. The van der Waals surface area contributed by atoms with Gasteiger partial charge in [-0.2, -0.15) is 0 Å². The van der Waals surface area contributed by atoms with E-state index in [1.54, 1.807) is 25.3 Å². The Labute approximate surface area is 145 Å². The van der Waals surface area contributed by atoms with Crippen LogP contribution in [0.3, 0.4) is 0 Å². The van der Waals surface area contributed by atoms with Crippen LogP contribution in [0, 0.1) is 0 Å². The zero-order valence-corrected chi connectivity index (χ0v) is 14.9. The van der Waals surface area contributed by atoms with Crippen LogP contribution in [0.5, 0.6) is 0 Å². The first-order valence-corrected chi connectivity index (χ1v) is 8.64. The van der Waals surface area contributed by atoms with E-state index in [0.29, 0.717) is 5.69 Å². The summed E-state index contributed by atoms with van der Waals surface area (Å²) < 4.78 is 2.20. The van der Waals surface area contributed by atoms with Crippen molar-refractivity contribution >= 4 is 29.4 Å². The SMILES string of the molecule is CON/C=c1/ccc(CO)n/c1=C(/C)c1ccc2c(c1)CSN2C. The molecular formula is C18H21N3O2S. The number of aliphatic hydroxyl groups is 1. The summed E-state index contributed by atoms with van der Waals surface area (Å²) in [6.45, 7) is 1.98. The Bertz CT molecular complexity index is 867. The number of hydrogen-bond donors (Lipinski definition) is 2. The van der Waals surface area contributed by atoms with E-state index in [1.165, 1.54) is 11.3 Å². The number of hydrogen-bond acceptors (Lipinski definition) is 6. The molecule has 0 radical (unpaired) electrons. The van der Waals surface area contributed by atoms with Crippen molar-refractivity contribution < 1.29 is 9.94 Å². The minimum absolute atomic E-state index is 0.0795. The molecular weight excluding hydrogens is 322 g/mol. The number of fused-ring (bicyclic) bond motifs is 1. The third-order valence-electron chi connectivity index (χ3n) is 4.10. The van der Waals surface area contributed by atoms with E-state index in [9.17, 15) is 5.11 Å². The summed E-state index contributed by atoms with van der Waals surface area (Å²) >= 11 is 1.81. The quantitative estimate of drug-likeness (QED) is 0.644. The van der Waals surface area contributed by atoms with Crippen LogP contribution in [0.4, 0.5) is 5.69 Å². The third-order valence-corrected chi connectivity index (χ3v) is 5.12. The van der Waals surface area contributed by atoms with Gasteiger partial charge in [0.1, 0.15) is 0 Å². The second-order valence-corrected chi connectivity index (χ2v) is 6.70. The minimum atomic E-state index is -0.0795. The van der Waals surface area contributed by atoms with Crippen molar-refractivity contribution in [2.75, 3.05) is 18.5 Å². The van der Waals surface area contributed by atoms with E-state index < -0.39 is 0 Å². The molecule has 0 atom stereocenters. The lowest BCUT2D eigenvalue weighted by Crippen LogP contribution is -2.33. The Morgan fingerprint density at radius 3 is 3.00 bits per heavy atom. The average Bonchev–Trinajstić information content (AvgIpc) is 2.99. The molecule has 1 aliphatic rings. The van der Waals surface area contributed by atoms with Crippen LogP contribution in [0.25, 0.3) is 11.8 Å². The van der Waals surface area contributed by atoms with E-state index in [4.69, 9.17) is 4.84 Å². The number of aliphatic hydroxyl groups excluding tert-OH is 1. The highest BCUT2D eigenvalue weighted by molar-refractivity contribution is 8.00. The van der Waals surface area contributed by atoms with Crippen LogP contribution >= 0.6 is 11.9 Å². The molecule has 0 unspecified atom stereocenters. The Balaban J connectivity index is 2.17. The van der Waals surface area contributed by atoms with Crippen LogP contribution in [0.15, 0.2) is 30.3 Å². The molecule has 126 valence electrons. The molecule has 2 N–H and O–H groups in total. The van der Waals surface area contributed by atoms with Gasteiger partial charge in [-0.05, 0) is 59.8 Å². The van der Waals surface area contributed by atoms with Gasteiger partial charge in [0, 0.05) is 24.2 Å². The fourth-order valence-corrected chi connectivity index (χ4v) is 3.63. The second kappa shape index (κ2) is 7.25. The smallest absolute Gasteiger partial charge is 0.0853 e. The first kappa shape index (κ1) is 16.8. The van der Waals surface area contributed by atoms with Crippen LogP contribution < -0.4 is 20.4 Å². The summed E-state index contributed by atoms with van der Waals surface area (Å²) in [4.78, 5) is 9.51. The van der Waals surface area contributed by atoms with Crippen LogP contribution in [-0.2, 0) is 17.2 Å². The molecule has 24 heavy (non-hydrogen) atoms. The predicted molar refractivity (Wildman–Crippen MR) is 98.3 cm³/mol. The van der Waals surface area contributed by atoms with Gasteiger partial charge >= 0.3 is 0 Å². The predicted octanol–water partition coefficient (Wildman–Crippen LogP) is 1.28. The maximum Gasteiger partial charge on any atom is 0.0853 e. The van der Waals surface area contributed by atoms with Crippen LogP contribution in [-0.4, -0.2) is 24.2 Å². The average molecular weight is 343 g/mol. The highest BCUT2D eigenvalue weighted by atomic mass is 32.2. The monoisotopic (exact) mass is 343 g/mol. The van der Waals surface area contributed by atoms with Gasteiger partial charge in [0.05, 0.1) is 30.4 Å². The van der Waals surface area contributed by atoms with Crippen LogP contribution in [0.2, 0.25) is 0 Å². The Kier molecular flexibility index (Phi) is 5.08. The molecule has 0 aliphatic carbocycles. The number of anilines is 1. The van der Waals surface area contributed by atoms with Gasteiger partial charge in [-0.3, -0.25) is 15.3 Å². The number of pyridine rings is 1. The molecule has 0 spiro atoms. The lowest BCUT2D eigenvalue weighted by atomic mass is 10.0. The highest BCUT2D eigenvalue weighted by Crippen LogP contribution is 2.37. The second-order valence-electron chi connectivity index (χ2n) is 5.60. The van der Waals surface area contributed by atoms with E-state index in [2.05, 4.69) is 46.9 Å². The molecule has 2 aromatic rings. The first-order valence-electron chi connectivity index (χ1n) is 7.70. The highest BCUT2D eigenvalue weighted by Gasteiger charge is 2.17. The Morgan fingerprint density at radius 2 is 2.25 bits per heavy atom. The van der Waals surface area contributed by atoms with Gasteiger partial charge in [0.15, 0.2) is 0 Å². The molecule has 1 aliphatic heterocycles. The van der Waals surface area contributed by atoms with Gasteiger partial charge < -0.3 is 9.41 Å². The van der Waals surface area contributed by atoms with Crippen molar-refractivity contribution in [2.45, 2.75) is 19.3 Å². The number of nitrogens with zero attached hydrogens (tertiary/aromatic N) is 2. The summed E-state index contributed by atoms with van der Waals surface area (Å²) in [5.74, 6) is 0.987. The molecule has 0 amide bonds. The van der Waals surface area contributed by atoms with Gasteiger partial charge in [-0.25, -0.2) is 0 Å². The molecule has 1 aromatic carbocycles. The molecule has 0 bridgehead atoms. The van der Waals surface area contributed by atoms with E-state index in [1.807, 2.05) is 12.1 Å². The zero-order chi connectivity index (χ0) is 17.1. The van der Waals surface area contributed by atoms with Gasteiger partial charge in [0.2, 0.25) is 0 Å². The van der Waals surface area contributed by atoms with Gasteiger partial charge in [0.25, 0.3) is 0 Å². The Morgan fingerprint density at radius 1 is 1.42 bits per heavy atom. The topological polar surface area (TPSA) is 57.6 Å². The van der Waals surface area contributed by atoms with E-state index in [0.717, 1.165) is 27.5 Å². The number of rotatable bonds is 4. The van der Waals surface area contributed by atoms with Gasteiger partial charge in [-0.1, -0.05) is 6.07 Å². The fourth-order valence-electron chi connectivity index (χ4n) is 2.75. The van der Waals surface area contributed by atoms with Crippen molar-refractivity contribution in [3.63, 3.8) is 0 Å². The third kappa shape index (κ3) is 3.26. The van der Waals surface area contributed by atoms with E-state index >= 15 is 0 Å². The summed E-state index contributed by atoms with van der Waals surface area (Å²) in [5.41, 5.74) is 8.20. The first-order chi connectivity index (χ1) is 11.6. The number of hydroxylamine groups is 1. The molecule has 5 nitrogen and oxygen atoms in total. The summed E-state index contributed by atoms with van der Waals surface area (Å²) in [7, 11) is 3.65. The van der Waals surface area contributed by atoms with Crippen molar-refractivity contribution in [3.8, 4) is 0 Å². The molecule has 3 rings (SSSR count). The van der Waals surface area contributed by atoms with Crippen molar-refractivity contribution in [2.24, 2.45) is 0 Å². The molecule has 0 fully saturated rings. The van der Waals surface area contributed by atoms with Crippen molar-refractivity contribution in [1.82, 2.24) is 10.5 Å². The number of nitrogens with one attached hydrogen (secondary N) is 1. The lowest BCUT2D eigenvalue weighted by Gasteiger charge is -2.11. The molecule has 0 saturated carbocycles. The molecule has 0 saturated heterocycles. The van der Waals surface area contributed by atoms with Crippen molar-refractivity contribution in [3.05, 3.63) is 57.7 Å². The summed E-state index contributed by atoms with van der Waals surface area (Å²) in [6, 6.07) is 10.2. The largest absolute Gasteiger partial charge is 0.390 e. The minimum Gasteiger partial charge on any atom is -0.390 e. The Hall–Kier alpha value is -2.02. The maximum absolute atomic E-state index is 9.41. The zero-order valence-electron chi connectivity index (χ0n) is 14.0. The van der Waals surface area contributed by atoms with E-state index in [-0.39, 0.29) is 6.61 Å². The van der Waals surface area contributed by atoms with Crippen molar-refractivity contribution in [1.29, 1.82) is 0 Å². The molecule has 1 aromatic heterocycles. The standard InChI is InChI=1S/C18H21N3O2S/c1-12(13-5-7-17-15(8-13)11-24-21(17)2)18-14(9-19-23-3)4-6-16(10-22)20-18/h4-9,19,22H,10-11H2,1-3H3/b14-9-,18-12-. The van der Waals surface area contributed by atoms with Crippen LogP contribution in [0.1, 0.15) is 23.7 Å². The number of benzene rings is 1. The number of aromatic nitrogens is 1. The molecule has 6 heteroatoms. The molecule has 2 heterocycles. The van der Waals surface area contributed by atoms with Gasteiger partial charge in [-0.15, -0.1) is 0 Å². The summed E-state index contributed by atoms with van der Waals surface area (Å²) in [6.07, 6.45) is 1.77. The fraction of sp³-hybridized carbons (Fsp3) is 0.278. The normalized spacial score (nSPS) is 15.5. The lowest BCUT2D eigenvalue weighted by molar-refractivity contribution is 0.141.